The van der Waals surface area contributed by atoms with Crippen molar-refractivity contribution in [3.8, 4) is 0 Å². The molecule has 0 radical (unpaired) electrons. The van der Waals surface area contributed by atoms with Gasteiger partial charge in [-0.15, -0.1) is 0 Å². The van der Waals surface area contributed by atoms with Crippen LogP contribution >= 0.6 is 0 Å². The molecule has 3 nitrogen and oxygen atoms in total. The molecule has 0 aromatic carbocycles. The van der Waals surface area contributed by atoms with Crippen LogP contribution in [0.5, 0.6) is 0 Å². The second-order valence-electron chi connectivity index (χ2n) is 1.34. The minimum Gasteiger partial charge on any atom is -0.431 e. The third-order valence-corrected chi connectivity index (χ3v) is 0.516. The van der Waals surface area contributed by atoms with Crippen molar-refractivity contribution in [2.24, 2.45) is 5.73 Å². The van der Waals surface area contributed by atoms with E-state index in [0.29, 0.717) is 5.76 Å². The number of hydrogen-bond donors (Lipinski definition) is 1. The lowest BCUT2D eigenvalue weighted by molar-refractivity contribution is -0.136. The smallest absolute Gasteiger partial charge is 0.307 e. The first-order chi connectivity index (χ1) is 3.66. The van der Waals surface area contributed by atoms with Crippen LogP contribution in [0.4, 0.5) is 0 Å². The zero-order valence-electron chi connectivity index (χ0n) is 4.81. The predicted octanol–water partition coefficient (Wildman–Crippen LogP) is 0.0219. The zero-order valence-corrected chi connectivity index (χ0v) is 4.81. The maximum Gasteiger partial charge on any atom is 0.307 e. The fourth-order valence-corrected chi connectivity index (χ4v) is 0.245. The Kier molecular flexibility index (Phi) is 2.88. The van der Waals surface area contributed by atoms with Crippen molar-refractivity contribution in [3.05, 3.63) is 12.3 Å². The van der Waals surface area contributed by atoms with Crippen LogP contribution in [-0.2, 0) is 9.53 Å². The van der Waals surface area contributed by atoms with E-state index in [0.717, 1.165) is 0 Å². The highest BCUT2D eigenvalue weighted by Crippen LogP contribution is 1.87. The van der Waals surface area contributed by atoms with Crippen molar-refractivity contribution < 1.29 is 9.53 Å². The molecule has 0 aromatic heterocycles. The molecule has 0 atom stereocenters. The van der Waals surface area contributed by atoms with Crippen LogP contribution in [0.15, 0.2) is 12.3 Å². The van der Waals surface area contributed by atoms with Gasteiger partial charge in [-0.2, -0.15) is 0 Å². The number of esters is 1. The van der Waals surface area contributed by atoms with Gasteiger partial charge in [-0.05, 0) is 0 Å². The average molecular weight is 115 g/mol. The minimum absolute atomic E-state index is 0.194. The van der Waals surface area contributed by atoms with E-state index < -0.39 is 0 Å². The Bertz CT molecular complexity index is 109. The summed E-state index contributed by atoms with van der Waals surface area (Å²) in [5, 5.41) is 0. The summed E-state index contributed by atoms with van der Waals surface area (Å²) in [4.78, 5) is 10.1. The Morgan fingerprint density at radius 2 is 2.38 bits per heavy atom. The molecule has 0 aliphatic heterocycles. The molecule has 8 heavy (non-hydrogen) atoms. The van der Waals surface area contributed by atoms with E-state index >= 15 is 0 Å². The van der Waals surface area contributed by atoms with Gasteiger partial charge in [-0.25, -0.2) is 0 Å². The molecule has 0 heterocycles. The number of carbonyl (C=O) groups is 1. The molecule has 0 unspecified atom stereocenters. The van der Waals surface area contributed by atoms with Crippen molar-refractivity contribution in [2.45, 2.75) is 6.92 Å². The number of carbonyl (C=O) groups excluding carboxylic acids is 1. The number of hydrogen-bond acceptors (Lipinski definition) is 3. The standard InChI is InChI=1S/C5H9NO2/c1-4(3-6)8-5(2)7/h1,3,6H2,2H3. The van der Waals surface area contributed by atoms with Gasteiger partial charge in [0.25, 0.3) is 0 Å². The van der Waals surface area contributed by atoms with Crippen molar-refractivity contribution in [2.75, 3.05) is 6.54 Å². The molecule has 0 saturated carbocycles. The summed E-state index contributed by atoms with van der Waals surface area (Å²) < 4.78 is 4.44. The van der Waals surface area contributed by atoms with Gasteiger partial charge in [0.1, 0.15) is 5.76 Å². The molecule has 0 rings (SSSR count). The Hall–Kier alpha value is -0.830. The maximum absolute atomic E-state index is 10.1. The van der Waals surface area contributed by atoms with E-state index in [9.17, 15) is 4.79 Å². The van der Waals surface area contributed by atoms with Crippen molar-refractivity contribution in [1.29, 1.82) is 0 Å². The molecule has 3 heteroatoms. The summed E-state index contributed by atoms with van der Waals surface area (Å²) in [6.07, 6.45) is 0. The molecule has 2 N–H and O–H groups in total. The summed E-state index contributed by atoms with van der Waals surface area (Å²) in [5.74, 6) is -0.0713. The lowest BCUT2D eigenvalue weighted by Gasteiger charge is -1.98. The van der Waals surface area contributed by atoms with Gasteiger partial charge < -0.3 is 10.5 Å². The summed E-state index contributed by atoms with van der Waals surface area (Å²) in [5.41, 5.74) is 5.04. The van der Waals surface area contributed by atoms with Crippen LogP contribution in [0.3, 0.4) is 0 Å². The van der Waals surface area contributed by atoms with Crippen LogP contribution in [0, 0.1) is 0 Å². The predicted molar refractivity (Wildman–Crippen MR) is 30.0 cm³/mol. The molecule has 46 valence electrons. The van der Waals surface area contributed by atoms with Crippen LogP contribution < -0.4 is 5.73 Å². The third kappa shape index (κ3) is 3.36. The van der Waals surface area contributed by atoms with Gasteiger partial charge in [-0.1, -0.05) is 6.58 Å². The molecule has 0 spiro atoms. The van der Waals surface area contributed by atoms with Gasteiger partial charge in [0, 0.05) is 6.92 Å². The SMILES string of the molecule is C=C(CN)OC(C)=O. The van der Waals surface area contributed by atoms with Gasteiger partial charge in [0.05, 0.1) is 6.54 Å². The quantitative estimate of drug-likeness (QED) is 0.408. The lowest BCUT2D eigenvalue weighted by atomic mass is 10.6. The maximum atomic E-state index is 10.1. The molecule has 0 fully saturated rings. The van der Waals surface area contributed by atoms with Crippen LogP contribution in [-0.4, -0.2) is 12.5 Å². The molecule has 0 aliphatic carbocycles. The Morgan fingerprint density at radius 3 is 2.50 bits per heavy atom. The first kappa shape index (κ1) is 7.17. The first-order valence-corrected chi connectivity index (χ1v) is 2.23. The molecule has 0 saturated heterocycles. The van der Waals surface area contributed by atoms with E-state index in [1.165, 1.54) is 6.92 Å². The monoisotopic (exact) mass is 115 g/mol. The second-order valence-corrected chi connectivity index (χ2v) is 1.34. The van der Waals surface area contributed by atoms with E-state index in [1.807, 2.05) is 0 Å². The number of nitrogens with two attached hydrogens (primary N) is 1. The number of ether oxygens (including phenoxy) is 1. The van der Waals surface area contributed by atoms with Gasteiger partial charge in [0.15, 0.2) is 0 Å². The third-order valence-electron chi connectivity index (χ3n) is 0.516. The van der Waals surface area contributed by atoms with Crippen molar-refractivity contribution >= 4 is 5.97 Å². The first-order valence-electron chi connectivity index (χ1n) is 2.23. The van der Waals surface area contributed by atoms with E-state index in [1.54, 1.807) is 0 Å². The molecule has 0 aliphatic rings. The molecule has 0 aromatic rings. The lowest BCUT2D eigenvalue weighted by Crippen LogP contribution is -2.07. The summed E-state index contributed by atoms with van der Waals surface area (Å²) in [6.45, 7) is 4.85. The fraction of sp³-hybridized carbons (Fsp3) is 0.400. The normalized spacial score (nSPS) is 8.25. The van der Waals surface area contributed by atoms with Crippen LogP contribution in [0.2, 0.25) is 0 Å². The highest BCUT2D eigenvalue weighted by atomic mass is 16.5. The van der Waals surface area contributed by atoms with Crippen LogP contribution in [0.25, 0.3) is 0 Å². The topological polar surface area (TPSA) is 52.3 Å². The summed E-state index contributed by atoms with van der Waals surface area (Å²) in [7, 11) is 0. The van der Waals surface area contributed by atoms with Crippen LogP contribution in [0.1, 0.15) is 6.92 Å². The average Bonchev–Trinajstić information content (AvgIpc) is 1.65. The Balaban J connectivity index is 3.40. The Labute approximate surface area is 48.1 Å². The van der Waals surface area contributed by atoms with Gasteiger partial charge in [-0.3, -0.25) is 4.79 Å². The molecular weight excluding hydrogens is 106 g/mol. The van der Waals surface area contributed by atoms with Gasteiger partial charge >= 0.3 is 5.97 Å². The van der Waals surface area contributed by atoms with Crippen molar-refractivity contribution in [3.63, 3.8) is 0 Å². The minimum atomic E-state index is -0.375. The van der Waals surface area contributed by atoms with Gasteiger partial charge in [0.2, 0.25) is 0 Å². The highest BCUT2D eigenvalue weighted by Gasteiger charge is 1.92. The largest absolute Gasteiger partial charge is 0.431 e. The molecule has 0 amide bonds. The van der Waals surface area contributed by atoms with Crippen molar-refractivity contribution in [1.82, 2.24) is 0 Å². The highest BCUT2D eigenvalue weighted by molar-refractivity contribution is 5.67. The summed E-state index contributed by atoms with van der Waals surface area (Å²) in [6, 6.07) is 0. The second kappa shape index (κ2) is 3.21. The van der Waals surface area contributed by atoms with E-state index in [4.69, 9.17) is 5.73 Å². The van der Waals surface area contributed by atoms with E-state index in [2.05, 4.69) is 11.3 Å². The summed E-state index contributed by atoms with van der Waals surface area (Å²) >= 11 is 0. The van der Waals surface area contributed by atoms with E-state index in [-0.39, 0.29) is 12.5 Å². The molecular formula is C5H9NO2. The Morgan fingerprint density at radius 1 is 1.88 bits per heavy atom. The fourth-order valence-electron chi connectivity index (χ4n) is 0.245. The number of rotatable bonds is 2. The molecule has 0 bridgehead atoms. The zero-order chi connectivity index (χ0) is 6.57.